The number of amides is 1. The third kappa shape index (κ3) is 3.28. The molecule has 1 aromatic rings. The Labute approximate surface area is 120 Å². The minimum absolute atomic E-state index is 0.118. The van der Waals surface area contributed by atoms with Crippen molar-refractivity contribution in [2.75, 3.05) is 32.1 Å². The van der Waals surface area contributed by atoms with Gasteiger partial charge in [0, 0.05) is 32.3 Å². The highest BCUT2D eigenvalue weighted by atomic mass is 16.3. The van der Waals surface area contributed by atoms with Gasteiger partial charge in [-0.15, -0.1) is 0 Å². The Bertz CT molecular complexity index is 451. The lowest BCUT2D eigenvalue weighted by Gasteiger charge is -2.26. The minimum Gasteiger partial charge on any atom is -0.396 e. The van der Waals surface area contributed by atoms with Gasteiger partial charge in [0.05, 0.1) is 12.2 Å². The summed E-state index contributed by atoms with van der Waals surface area (Å²) in [6.07, 6.45) is 5.83. The van der Waals surface area contributed by atoms with E-state index in [1.807, 2.05) is 25.1 Å². The second kappa shape index (κ2) is 6.22. The van der Waals surface area contributed by atoms with E-state index in [0.717, 1.165) is 31.5 Å². The summed E-state index contributed by atoms with van der Waals surface area (Å²) in [6, 6.07) is 3.60. The molecule has 1 heterocycles. The predicted molar refractivity (Wildman–Crippen MR) is 78.9 cm³/mol. The van der Waals surface area contributed by atoms with Gasteiger partial charge < -0.3 is 15.3 Å². The molecule has 1 aliphatic rings. The van der Waals surface area contributed by atoms with Crippen LogP contribution in [0.15, 0.2) is 18.3 Å². The van der Waals surface area contributed by atoms with Gasteiger partial charge in [0.2, 0.25) is 0 Å². The Morgan fingerprint density at radius 3 is 2.60 bits per heavy atom. The van der Waals surface area contributed by atoms with Crippen molar-refractivity contribution in [3.8, 4) is 0 Å². The van der Waals surface area contributed by atoms with Gasteiger partial charge in [0.25, 0.3) is 5.91 Å². The van der Waals surface area contributed by atoms with Crippen LogP contribution in [-0.4, -0.2) is 43.2 Å². The molecule has 0 radical (unpaired) electrons. The summed E-state index contributed by atoms with van der Waals surface area (Å²) in [4.78, 5) is 18.2. The summed E-state index contributed by atoms with van der Waals surface area (Å²) in [5.74, 6) is 0.701. The Hall–Kier alpha value is -1.62. The predicted octanol–water partition coefficient (Wildman–Crippen LogP) is 1.43. The summed E-state index contributed by atoms with van der Waals surface area (Å²) in [5.41, 5.74) is 0.439. The SMILES string of the molecule is CN(C)c1ccc(C(=O)NCC2(CO)CCCC2)cn1. The van der Waals surface area contributed by atoms with Crippen LogP contribution >= 0.6 is 0 Å². The molecule has 1 saturated carbocycles. The fourth-order valence-electron chi connectivity index (χ4n) is 2.67. The van der Waals surface area contributed by atoms with Crippen LogP contribution in [0.2, 0.25) is 0 Å². The first-order valence-corrected chi connectivity index (χ1v) is 7.09. The van der Waals surface area contributed by atoms with Gasteiger partial charge in [-0.05, 0) is 25.0 Å². The van der Waals surface area contributed by atoms with Gasteiger partial charge in [-0.2, -0.15) is 0 Å². The first-order chi connectivity index (χ1) is 9.56. The number of hydrogen-bond donors (Lipinski definition) is 2. The number of pyridine rings is 1. The average Bonchev–Trinajstić information content (AvgIpc) is 2.94. The molecular weight excluding hydrogens is 254 g/mol. The molecule has 110 valence electrons. The fourth-order valence-corrected chi connectivity index (χ4v) is 2.67. The standard InChI is InChI=1S/C15H23N3O2/c1-18(2)13-6-5-12(9-16-13)14(20)17-10-15(11-19)7-3-4-8-15/h5-6,9,19H,3-4,7-8,10-11H2,1-2H3,(H,17,20). The lowest BCUT2D eigenvalue weighted by Crippen LogP contribution is -2.38. The second-order valence-corrected chi connectivity index (χ2v) is 5.85. The molecule has 1 amide bonds. The van der Waals surface area contributed by atoms with Crippen LogP contribution in [0.25, 0.3) is 0 Å². The Balaban J connectivity index is 1.94. The van der Waals surface area contributed by atoms with Crippen LogP contribution in [0.4, 0.5) is 5.82 Å². The highest BCUT2D eigenvalue weighted by molar-refractivity contribution is 5.94. The van der Waals surface area contributed by atoms with Crippen molar-refractivity contribution >= 4 is 11.7 Å². The summed E-state index contributed by atoms with van der Waals surface area (Å²) in [5, 5.41) is 12.5. The quantitative estimate of drug-likeness (QED) is 0.854. The normalized spacial score (nSPS) is 16.9. The summed E-state index contributed by atoms with van der Waals surface area (Å²) < 4.78 is 0. The highest BCUT2D eigenvalue weighted by Crippen LogP contribution is 2.36. The van der Waals surface area contributed by atoms with Crippen molar-refractivity contribution in [2.45, 2.75) is 25.7 Å². The molecule has 0 aliphatic heterocycles. The summed E-state index contributed by atoms with van der Waals surface area (Å²) in [7, 11) is 3.82. The van der Waals surface area contributed by atoms with E-state index >= 15 is 0 Å². The monoisotopic (exact) mass is 277 g/mol. The number of aromatic nitrogens is 1. The first-order valence-electron chi connectivity index (χ1n) is 7.09. The van der Waals surface area contributed by atoms with Crippen LogP contribution in [0.3, 0.4) is 0 Å². The third-order valence-electron chi connectivity index (χ3n) is 4.09. The molecule has 0 unspecified atom stereocenters. The number of carbonyl (C=O) groups is 1. The van der Waals surface area contributed by atoms with Gasteiger partial charge >= 0.3 is 0 Å². The van der Waals surface area contributed by atoms with Crippen LogP contribution in [0, 0.1) is 5.41 Å². The van der Waals surface area contributed by atoms with Crippen LogP contribution in [0.1, 0.15) is 36.0 Å². The zero-order chi connectivity index (χ0) is 14.6. The lowest BCUT2D eigenvalue weighted by atomic mass is 9.87. The maximum Gasteiger partial charge on any atom is 0.252 e. The van der Waals surface area contributed by atoms with Gasteiger partial charge in [-0.1, -0.05) is 12.8 Å². The molecule has 2 N–H and O–H groups in total. The Morgan fingerprint density at radius 2 is 2.10 bits per heavy atom. The van der Waals surface area contributed by atoms with Crippen LogP contribution < -0.4 is 10.2 Å². The van der Waals surface area contributed by atoms with Gasteiger partial charge in [0.15, 0.2) is 0 Å². The first kappa shape index (κ1) is 14.8. The fraction of sp³-hybridized carbons (Fsp3) is 0.600. The molecule has 0 bridgehead atoms. The zero-order valence-corrected chi connectivity index (χ0v) is 12.2. The van der Waals surface area contributed by atoms with E-state index in [4.69, 9.17) is 0 Å². The molecule has 1 fully saturated rings. The zero-order valence-electron chi connectivity index (χ0n) is 12.2. The number of nitrogens with one attached hydrogen (secondary N) is 1. The number of hydrogen-bond acceptors (Lipinski definition) is 4. The number of rotatable bonds is 5. The van der Waals surface area contributed by atoms with E-state index in [2.05, 4.69) is 10.3 Å². The maximum absolute atomic E-state index is 12.1. The van der Waals surface area contributed by atoms with Crippen molar-refractivity contribution in [1.29, 1.82) is 0 Å². The smallest absolute Gasteiger partial charge is 0.252 e. The number of nitrogens with zero attached hydrogens (tertiary/aromatic N) is 2. The topological polar surface area (TPSA) is 65.5 Å². The molecular formula is C15H23N3O2. The molecule has 5 nitrogen and oxygen atoms in total. The maximum atomic E-state index is 12.1. The third-order valence-corrected chi connectivity index (χ3v) is 4.09. The Morgan fingerprint density at radius 1 is 1.40 bits per heavy atom. The molecule has 20 heavy (non-hydrogen) atoms. The molecule has 2 rings (SSSR count). The molecule has 5 heteroatoms. The van der Waals surface area contributed by atoms with E-state index in [1.54, 1.807) is 12.3 Å². The van der Waals surface area contributed by atoms with Crippen LogP contribution in [-0.2, 0) is 0 Å². The summed E-state index contributed by atoms with van der Waals surface area (Å²) in [6.45, 7) is 0.683. The van der Waals surface area contributed by atoms with Crippen molar-refractivity contribution in [3.05, 3.63) is 23.9 Å². The summed E-state index contributed by atoms with van der Waals surface area (Å²) >= 11 is 0. The van der Waals surface area contributed by atoms with Crippen molar-refractivity contribution < 1.29 is 9.90 Å². The largest absolute Gasteiger partial charge is 0.396 e. The van der Waals surface area contributed by atoms with E-state index in [0.29, 0.717) is 12.1 Å². The van der Waals surface area contributed by atoms with Crippen molar-refractivity contribution in [2.24, 2.45) is 5.41 Å². The lowest BCUT2D eigenvalue weighted by molar-refractivity contribution is 0.0880. The van der Waals surface area contributed by atoms with Crippen molar-refractivity contribution in [1.82, 2.24) is 10.3 Å². The second-order valence-electron chi connectivity index (χ2n) is 5.85. The average molecular weight is 277 g/mol. The number of carbonyl (C=O) groups excluding carboxylic acids is 1. The number of anilines is 1. The van der Waals surface area contributed by atoms with Crippen LogP contribution in [0.5, 0.6) is 0 Å². The van der Waals surface area contributed by atoms with E-state index in [-0.39, 0.29) is 17.9 Å². The van der Waals surface area contributed by atoms with E-state index in [9.17, 15) is 9.90 Å². The van der Waals surface area contributed by atoms with Gasteiger partial charge in [0.1, 0.15) is 5.82 Å². The minimum atomic E-state index is -0.123. The molecule has 0 atom stereocenters. The number of aliphatic hydroxyl groups excluding tert-OH is 1. The molecule has 0 aromatic carbocycles. The molecule has 1 aromatic heterocycles. The van der Waals surface area contributed by atoms with Gasteiger partial charge in [-0.25, -0.2) is 4.98 Å². The molecule has 0 saturated heterocycles. The molecule has 0 spiro atoms. The van der Waals surface area contributed by atoms with E-state index < -0.39 is 0 Å². The highest BCUT2D eigenvalue weighted by Gasteiger charge is 2.33. The Kier molecular flexibility index (Phi) is 4.60. The number of aliphatic hydroxyl groups is 1. The van der Waals surface area contributed by atoms with Crippen molar-refractivity contribution in [3.63, 3.8) is 0 Å². The van der Waals surface area contributed by atoms with Gasteiger partial charge in [-0.3, -0.25) is 4.79 Å². The van der Waals surface area contributed by atoms with E-state index in [1.165, 1.54) is 0 Å². The molecule has 1 aliphatic carbocycles.